The molecule has 0 saturated heterocycles. The number of aryl methyl sites for hydroxylation is 1. The van der Waals surface area contributed by atoms with Crippen LogP contribution in [0.4, 0.5) is 16.0 Å². The highest BCUT2D eigenvalue weighted by Gasteiger charge is 2.19. The molecule has 0 aliphatic heterocycles. The van der Waals surface area contributed by atoms with Crippen molar-refractivity contribution in [1.82, 2.24) is 19.9 Å². The van der Waals surface area contributed by atoms with E-state index in [1.54, 1.807) is 25.1 Å². The molecule has 4 rings (SSSR count). The highest BCUT2D eigenvalue weighted by atomic mass is 32.2. The maximum atomic E-state index is 14.7. The standard InChI is InChI=1S/C22H21FN6O3S/c1-3-10-33(30,31)29-19-14-5-4-13(2)20(15(14)6-7-17(19)23)32-21-16(11-25-12-27-21)18-8-9-26-22(24)28-18/h4-9,11-12,29H,3,10H2,1-2H3,(H2,24,26,28). The third kappa shape index (κ3) is 4.67. The number of anilines is 2. The number of hydrogen-bond donors (Lipinski definition) is 2. The summed E-state index contributed by atoms with van der Waals surface area (Å²) >= 11 is 0. The Morgan fingerprint density at radius 3 is 2.67 bits per heavy atom. The lowest BCUT2D eigenvalue weighted by atomic mass is 10.0. The molecule has 9 nitrogen and oxygen atoms in total. The highest BCUT2D eigenvalue weighted by Crippen LogP contribution is 2.39. The van der Waals surface area contributed by atoms with Gasteiger partial charge in [0.1, 0.15) is 17.9 Å². The molecule has 2 aromatic carbocycles. The van der Waals surface area contributed by atoms with Gasteiger partial charge in [-0.2, -0.15) is 0 Å². The number of aromatic nitrogens is 4. The Balaban J connectivity index is 1.84. The van der Waals surface area contributed by atoms with Gasteiger partial charge in [0.15, 0.2) is 0 Å². The first kappa shape index (κ1) is 22.3. The van der Waals surface area contributed by atoms with Crippen molar-refractivity contribution in [2.24, 2.45) is 0 Å². The zero-order valence-corrected chi connectivity index (χ0v) is 18.7. The summed E-state index contributed by atoms with van der Waals surface area (Å²) in [5.41, 5.74) is 7.26. The van der Waals surface area contributed by atoms with Crippen LogP contribution in [0.5, 0.6) is 11.6 Å². The molecule has 11 heteroatoms. The number of benzene rings is 2. The van der Waals surface area contributed by atoms with E-state index in [-0.39, 0.29) is 23.3 Å². The molecule has 0 bridgehead atoms. The summed E-state index contributed by atoms with van der Waals surface area (Å²) in [4.78, 5) is 16.4. The van der Waals surface area contributed by atoms with Gasteiger partial charge in [-0.1, -0.05) is 19.1 Å². The fourth-order valence-corrected chi connectivity index (χ4v) is 4.53. The number of rotatable bonds is 7. The molecule has 0 atom stereocenters. The molecule has 3 N–H and O–H groups in total. The topological polar surface area (TPSA) is 133 Å². The van der Waals surface area contributed by atoms with Gasteiger partial charge in [0.25, 0.3) is 0 Å². The van der Waals surface area contributed by atoms with Crippen molar-refractivity contribution in [3.05, 3.63) is 60.4 Å². The van der Waals surface area contributed by atoms with Gasteiger partial charge in [-0.3, -0.25) is 4.72 Å². The number of sulfonamides is 1. The average Bonchev–Trinajstić information content (AvgIpc) is 2.77. The van der Waals surface area contributed by atoms with Crippen molar-refractivity contribution in [2.45, 2.75) is 20.3 Å². The molecular formula is C22H21FN6O3S. The monoisotopic (exact) mass is 468 g/mol. The van der Waals surface area contributed by atoms with Crippen LogP contribution in [-0.2, 0) is 10.0 Å². The summed E-state index contributed by atoms with van der Waals surface area (Å²) in [6, 6.07) is 7.75. The van der Waals surface area contributed by atoms with E-state index in [0.717, 1.165) is 5.56 Å². The van der Waals surface area contributed by atoms with Gasteiger partial charge in [0.2, 0.25) is 21.9 Å². The Morgan fingerprint density at radius 1 is 1.12 bits per heavy atom. The first-order chi connectivity index (χ1) is 15.8. The number of nitrogens with one attached hydrogen (secondary N) is 1. The lowest BCUT2D eigenvalue weighted by Gasteiger charge is -2.16. The van der Waals surface area contributed by atoms with Crippen molar-refractivity contribution < 1.29 is 17.5 Å². The second-order valence-corrected chi connectivity index (χ2v) is 9.14. The van der Waals surface area contributed by atoms with Crippen molar-refractivity contribution in [3.8, 4) is 22.9 Å². The van der Waals surface area contributed by atoms with Crippen LogP contribution in [0.25, 0.3) is 22.0 Å². The van der Waals surface area contributed by atoms with Crippen LogP contribution in [0.3, 0.4) is 0 Å². The number of fused-ring (bicyclic) bond motifs is 1. The number of nitrogen functional groups attached to an aromatic ring is 1. The zero-order valence-electron chi connectivity index (χ0n) is 17.9. The third-order valence-electron chi connectivity index (χ3n) is 4.85. The van der Waals surface area contributed by atoms with E-state index in [4.69, 9.17) is 10.5 Å². The van der Waals surface area contributed by atoms with E-state index in [0.29, 0.717) is 34.2 Å². The van der Waals surface area contributed by atoms with E-state index < -0.39 is 15.8 Å². The largest absolute Gasteiger partial charge is 0.437 e. The first-order valence-electron chi connectivity index (χ1n) is 10.1. The minimum Gasteiger partial charge on any atom is -0.437 e. The van der Waals surface area contributed by atoms with E-state index in [2.05, 4.69) is 24.7 Å². The number of ether oxygens (including phenoxy) is 1. The Morgan fingerprint density at radius 2 is 1.91 bits per heavy atom. The Labute approximate surface area is 189 Å². The van der Waals surface area contributed by atoms with Crippen molar-refractivity contribution in [2.75, 3.05) is 16.2 Å². The van der Waals surface area contributed by atoms with Crippen molar-refractivity contribution >= 4 is 32.4 Å². The van der Waals surface area contributed by atoms with Gasteiger partial charge in [-0.05, 0) is 37.1 Å². The van der Waals surface area contributed by atoms with E-state index in [1.807, 2.05) is 6.92 Å². The molecule has 0 amide bonds. The zero-order chi connectivity index (χ0) is 23.6. The summed E-state index contributed by atoms with van der Waals surface area (Å²) in [5, 5.41) is 0.870. The van der Waals surface area contributed by atoms with E-state index in [1.165, 1.54) is 30.9 Å². The Hall–Kier alpha value is -3.86. The maximum Gasteiger partial charge on any atom is 0.232 e. The van der Waals surface area contributed by atoms with Gasteiger partial charge in [-0.15, -0.1) is 0 Å². The Bertz CT molecular complexity index is 1450. The van der Waals surface area contributed by atoms with Crippen LogP contribution in [0, 0.1) is 12.7 Å². The first-order valence-corrected chi connectivity index (χ1v) is 11.7. The van der Waals surface area contributed by atoms with Crippen LogP contribution >= 0.6 is 0 Å². The molecule has 0 unspecified atom stereocenters. The minimum absolute atomic E-state index is 0.0862. The summed E-state index contributed by atoms with van der Waals surface area (Å²) in [5.74, 6) is -0.120. The lowest BCUT2D eigenvalue weighted by molar-refractivity contribution is 0.465. The number of nitrogens with two attached hydrogens (primary N) is 1. The van der Waals surface area contributed by atoms with E-state index in [9.17, 15) is 12.8 Å². The molecule has 0 aliphatic rings. The van der Waals surface area contributed by atoms with Crippen LogP contribution < -0.4 is 15.2 Å². The van der Waals surface area contributed by atoms with Gasteiger partial charge < -0.3 is 10.5 Å². The molecule has 33 heavy (non-hydrogen) atoms. The molecule has 2 aromatic heterocycles. The second-order valence-electron chi connectivity index (χ2n) is 7.29. The predicted octanol–water partition coefficient (Wildman–Crippen LogP) is 4.06. The average molecular weight is 469 g/mol. The SMILES string of the molecule is CCCS(=O)(=O)Nc1c(F)ccc2c(Oc3ncncc3-c3ccnc(N)n3)c(C)ccc12. The van der Waals surface area contributed by atoms with Gasteiger partial charge >= 0.3 is 0 Å². The molecular weight excluding hydrogens is 447 g/mol. The highest BCUT2D eigenvalue weighted by molar-refractivity contribution is 7.92. The molecule has 0 saturated carbocycles. The summed E-state index contributed by atoms with van der Waals surface area (Å²) in [6.07, 6.45) is 4.77. The van der Waals surface area contributed by atoms with Crippen molar-refractivity contribution in [3.63, 3.8) is 0 Å². The Kier molecular flexibility index (Phi) is 6.05. The van der Waals surface area contributed by atoms with Crippen LogP contribution in [0.15, 0.2) is 49.1 Å². The molecule has 170 valence electrons. The predicted molar refractivity (Wildman–Crippen MR) is 124 cm³/mol. The molecule has 2 heterocycles. The smallest absolute Gasteiger partial charge is 0.232 e. The lowest BCUT2D eigenvalue weighted by Crippen LogP contribution is -2.17. The van der Waals surface area contributed by atoms with Gasteiger partial charge in [-0.25, -0.2) is 32.7 Å². The summed E-state index contributed by atoms with van der Waals surface area (Å²) < 4.78 is 47.8. The summed E-state index contributed by atoms with van der Waals surface area (Å²) in [7, 11) is -3.70. The molecule has 0 fully saturated rings. The fraction of sp³-hybridized carbons (Fsp3) is 0.182. The minimum atomic E-state index is -3.70. The number of hydrogen-bond acceptors (Lipinski definition) is 8. The normalized spacial score (nSPS) is 11.5. The van der Waals surface area contributed by atoms with Crippen LogP contribution in [0.2, 0.25) is 0 Å². The fourth-order valence-electron chi connectivity index (χ4n) is 3.37. The second kappa shape index (κ2) is 8.94. The van der Waals surface area contributed by atoms with Gasteiger partial charge in [0.05, 0.1) is 22.7 Å². The van der Waals surface area contributed by atoms with Crippen LogP contribution in [0.1, 0.15) is 18.9 Å². The van der Waals surface area contributed by atoms with Gasteiger partial charge in [0, 0.05) is 23.2 Å². The van der Waals surface area contributed by atoms with E-state index >= 15 is 0 Å². The molecule has 0 radical (unpaired) electrons. The van der Waals surface area contributed by atoms with Crippen molar-refractivity contribution in [1.29, 1.82) is 0 Å². The molecule has 0 spiro atoms. The molecule has 4 aromatic rings. The number of nitrogens with zero attached hydrogens (tertiary/aromatic N) is 4. The maximum absolute atomic E-state index is 14.7. The quantitative estimate of drug-likeness (QED) is 0.415. The molecule has 0 aliphatic carbocycles. The number of halogens is 1. The van der Waals surface area contributed by atoms with Crippen LogP contribution in [-0.4, -0.2) is 34.1 Å². The third-order valence-corrected chi connectivity index (χ3v) is 6.31. The summed E-state index contributed by atoms with van der Waals surface area (Å²) in [6.45, 7) is 3.56.